The van der Waals surface area contributed by atoms with Gasteiger partial charge >= 0.3 is 0 Å². The van der Waals surface area contributed by atoms with E-state index in [2.05, 4.69) is 42.9 Å². The van der Waals surface area contributed by atoms with Gasteiger partial charge in [-0.25, -0.2) is 4.98 Å². The molecule has 0 fully saturated rings. The third kappa shape index (κ3) is 5.34. The summed E-state index contributed by atoms with van der Waals surface area (Å²) in [5.74, 6) is 1.11. The number of anilines is 1. The summed E-state index contributed by atoms with van der Waals surface area (Å²) in [6.07, 6.45) is 2.35. The molecular formula is C16H27N3O2. The lowest BCUT2D eigenvalue weighted by atomic mass is 10.0. The van der Waals surface area contributed by atoms with Crippen LogP contribution >= 0.6 is 0 Å². The number of aliphatic hydroxyl groups excluding tert-OH is 1. The van der Waals surface area contributed by atoms with Gasteiger partial charge < -0.3 is 15.3 Å². The van der Waals surface area contributed by atoms with Crippen LogP contribution in [-0.2, 0) is 0 Å². The molecule has 1 amide bonds. The molecule has 1 rings (SSSR count). The maximum atomic E-state index is 12.1. The molecule has 0 saturated heterocycles. The summed E-state index contributed by atoms with van der Waals surface area (Å²) >= 11 is 0. The fourth-order valence-electron chi connectivity index (χ4n) is 2.27. The summed E-state index contributed by atoms with van der Waals surface area (Å²) in [4.78, 5) is 18.6. The van der Waals surface area contributed by atoms with Crippen molar-refractivity contribution < 1.29 is 9.90 Å². The van der Waals surface area contributed by atoms with Gasteiger partial charge in [0.15, 0.2) is 0 Å². The van der Waals surface area contributed by atoms with Crippen molar-refractivity contribution in [3.05, 3.63) is 23.9 Å². The van der Waals surface area contributed by atoms with Crippen LogP contribution in [0, 0.1) is 5.92 Å². The number of nitrogens with one attached hydrogen (secondary N) is 1. The minimum atomic E-state index is -0.208. The second kappa shape index (κ2) is 8.62. The molecule has 2 N–H and O–H groups in total. The zero-order chi connectivity index (χ0) is 15.8. The third-order valence-electron chi connectivity index (χ3n) is 3.41. The van der Waals surface area contributed by atoms with Gasteiger partial charge in [0.25, 0.3) is 5.91 Å². The topological polar surface area (TPSA) is 65.5 Å². The predicted molar refractivity (Wildman–Crippen MR) is 85.6 cm³/mol. The lowest BCUT2D eigenvalue weighted by Crippen LogP contribution is -2.38. The van der Waals surface area contributed by atoms with Crippen LogP contribution in [0.25, 0.3) is 0 Å². The van der Waals surface area contributed by atoms with Crippen molar-refractivity contribution in [2.75, 3.05) is 24.6 Å². The summed E-state index contributed by atoms with van der Waals surface area (Å²) in [5, 5.41) is 12.2. The maximum Gasteiger partial charge on any atom is 0.253 e. The Morgan fingerprint density at radius 2 is 2.00 bits per heavy atom. The first kappa shape index (κ1) is 17.4. The number of pyridine rings is 1. The lowest BCUT2D eigenvalue weighted by Gasteiger charge is -2.20. The number of rotatable bonds is 8. The van der Waals surface area contributed by atoms with Crippen LogP contribution in [-0.4, -0.2) is 41.7 Å². The lowest BCUT2D eigenvalue weighted by molar-refractivity contribution is 0.0908. The number of amides is 1. The van der Waals surface area contributed by atoms with E-state index in [9.17, 15) is 9.90 Å². The van der Waals surface area contributed by atoms with E-state index in [0.29, 0.717) is 11.5 Å². The fourth-order valence-corrected chi connectivity index (χ4v) is 2.27. The summed E-state index contributed by atoms with van der Waals surface area (Å²) < 4.78 is 0. The molecule has 5 nitrogen and oxygen atoms in total. The zero-order valence-electron chi connectivity index (χ0n) is 13.5. The van der Waals surface area contributed by atoms with E-state index in [-0.39, 0.29) is 18.6 Å². The van der Waals surface area contributed by atoms with Gasteiger partial charge in [-0.05, 0) is 38.3 Å². The molecule has 0 bridgehead atoms. The number of nitrogens with zero attached hydrogens (tertiary/aromatic N) is 2. The monoisotopic (exact) mass is 293 g/mol. The Morgan fingerprint density at radius 3 is 2.43 bits per heavy atom. The Bertz CT molecular complexity index is 428. The fraction of sp³-hybridized carbons (Fsp3) is 0.625. The molecular weight excluding hydrogens is 266 g/mol. The standard InChI is InChI=1S/C16H27N3O2/c1-5-19(6-2)15-8-7-13(10-17-15)16(21)18-14(11-20)9-12(3)4/h7-8,10,12,14,20H,5-6,9,11H2,1-4H3,(H,18,21). The summed E-state index contributed by atoms with van der Waals surface area (Å²) in [6, 6.07) is 3.43. The minimum Gasteiger partial charge on any atom is -0.394 e. The van der Waals surface area contributed by atoms with E-state index in [4.69, 9.17) is 0 Å². The summed E-state index contributed by atoms with van der Waals surface area (Å²) in [6.45, 7) is 10.00. The molecule has 0 radical (unpaired) electrons. The molecule has 0 aliphatic heterocycles. The van der Waals surface area contributed by atoms with Crippen LogP contribution < -0.4 is 10.2 Å². The molecule has 0 aromatic carbocycles. The predicted octanol–water partition coefficient (Wildman–Crippen LogP) is 2.06. The Morgan fingerprint density at radius 1 is 1.33 bits per heavy atom. The van der Waals surface area contributed by atoms with Gasteiger partial charge in [-0.15, -0.1) is 0 Å². The van der Waals surface area contributed by atoms with E-state index in [1.807, 2.05) is 6.07 Å². The molecule has 21 heavy (non-hydrogen) atoms. The summed E-state index contributed by atoms with van der Waals surface area (Å²) in [5.41, 5.74) is 0.521. The average molecular weight is 293 g/mol. The molecule has 118 valence electrons. The van der Waals surface area contributed by atoms with Crippen LogP contribution in [0.1, 0.15) is 44.5 Å². The second-order valence-corrected chi connectivity index (χ2v) is 5.56. The SMILES string of the molecule is CCN(CC)c1ccc(C(=O)NC(CO)CC(C)C)cn1. The van der Waals surface area contributed by atoms with E-state index in [0.717, 1.165) is 25.3 Å². The van der Waals surface area contributed by atoms with Gasteiger partial charge in [0.05, 0.1) is 18.2 Å². The third-order valence-corrected chi connectivity index (χ3v) is 3.41. The molecule has 0 aliphatic carbocycles. The largest absolute Gasteiger partial charge is 0.394 e. The van der Waals surface area contributed by atoms with Crippen LogP contribution in [0.15, 0.2) is 18.3 Å². The molecule has 0 aliphatic rings. The first-order valence-electron chi connectivity index (χ1n) is 7.64. The molecule has 0 saturated carbocycles. The number of hydrogen-bond donors (Lipinski definition) is 2. The van der Waals surface area contributed by atoms with Crippen molar-refractivity contribution in [1.29, 1.82) is 0 Å². The van der Waals surface area contributed by atoms with Gasteiger partial charge in [0, 0.05) is 19.3 Å². The van der Waals surface area contributed by atoms with Crippen LogP contribution in [0.5, 0.6) is 0 Å². The van der Waals surface area contributed by atoms with Crippen molar-refractivity contribution in [1.82, 2.24) is 10.3 Å². The summed E-state index contributed by atoms with van der Waals surface area (Å²) in [7, 11) is 0. The maximum absolute atomic E-state index is 12.1. The van der Waals surface area contributed by atoms with Crippen LogP contribution in [0.2, 0.25) is 0 Å². The number of aromatic nitrogens is 1. The van der Waals surface area contributed by atoms with Crippen molar-refractivity contribution in [3.8, 4) is 0 Å². The highest BCUT2D eigenvalue weighted by atomic mass is 16.3. The van der Waals surface area contributed by atoms with Crippen molar-refractivity contribution in [3.63, 3.8) is 0 Å². The van der Waals surface area contributed by atoms with E-state index in [1.54, 1.807) is 12.3 Å². The first-order chi connectivity index (χ1) is 10.0. The normalized spacial score (nSPS) is 12.3. The second-order valence-electron chi connectivity index (χ2n) is 5.56. The Kier molecular flexibility index (Phi) is 7.15. The molecule has 1 atom stereocenters. The number of carbonyl (C=O) groups excluding carboxylic acids is 1. The average Bonchev–Trinajstić information content (AvgIpc) is 2.48. The van der Waals surface area contributed by atoms with Crippen molar-refractivity contribution in [2.45, 2.75) is 40.2 Å². The Hall–Kier alpha value is -1.62. The molecule has 1 aromatic heterocycles. The quantitative estimate of drug-likeness (QED) is 0.770. The number of carbonyl (C=O) groups is 1. The van der Waals surface area contributed by atoms with Gasteiger partial charge in [-0.3, -0.25) is 4.79 Å². The highest BCUT2D eigenvalue weighted by Crippen LogP contribution is 2.11. The molecule has 0 spiro atoms. The van der Waals surface area contributed by atoms with Gasteiger partial charge in [-0.1, -0.05) is 13.8 Å². The molecule has 1 heterocycles. The van der Waals surface area contributed by atoms with Crippen LogP contribution in [0.4, 0.5) is 5.82 Å². The highest BCUT2D eigenvalue weighted by Gasteiger charge is 2.15. The van der Waals surface area contributed by atoms with Gasteiger partial charge in [-0.2, -0.15) is 0 Å². The number of hydrogen-bond acceptors (Lipinski definition) is 4. The molecule has 1 aromatic rings. The zero-order valence-corrected chi connectivity index (χ0v) is 13.5. The number of aliphatic hydroxyl groups is 1. The van der Waals surface area contributed by atoms with Gasteiger partial charge in [0.2, 0.25) is 0 Å². The van der Waals surface area contributed by atoms with E-state index < -0.39 is 0 Å². The molecule has 1 unspecified atom stereocenters. The minimum absolute atomic E-state index is 0.0467. The molecule has 5 heteroatoms. The van der Waals surface area contributed by atoms with Crippen LogP contribution in [0.3, 0.4) is 0 Å². The Balaban J connectivity index is 2.70. The Labute approximate surface area is 127 Å². The van der Waals surface area contributed by atoms with E-state index >= 15 is 0 Å². The van der Waals surface area contributed by atoms with Crippen molar-refractivity contribution in [2.24, 2.45) is 5.92 Å². The van der Waals surface area contributed by atoms with Crippen molar-refractivity contribution >= 4 is 11.7 Å². The van der Waals surface area contributed by atoms with Gasteiger partial charge in [0.1, 0.15) is 5.82 Å². The smallest absolute Gasteiger partial charge is 0.253 e. The highest BCUT2D eigenvalue weighted by molar-refractivity contribution is 5.94. The first-order valence-corrected chi connectivity index (χ1v) is 7.64. The van der Waals surface area contributed by atoms with E-state index in [1.165, 1.54) is 0 Å².